The topological polar surface area (TPSA) is 113 Å². The zero-order chi connectivity index (χ0) is 48.1. The predicted octanol–water partition coefficient (Wildman–Crippen LogP) is 15.9. The van der Waals surface area contributed by atoms with E-state index in [9.17, 15) is 0 Å². The Hall–Kier alpha value is -9.80. The van der Waals surface area contributed by atoms with Gasteiger partial charge in [0, 0.05) is 28.0 Å². The third-order valence-corrected chi connectivity index (χ3v) is 12.4. The van der Waals surface area contributed by atoms with E-state index in [4.69, 9.17) is 38.9 Å². The number of allylic oxidation sites excluding steroid dienone is 3. The van der Waals surface area contributed by atoms with Gasteiger partial charge >= 0.3 is 0 Å². The molecule has 0 unspecified atom stereocenters. The highest BCUT2D eigenvalue weighted by Gasteiger charge is 2.32. The first-order valence-corrected chi connectivity index (χ1v) is 23.6. The number of fused-ring (bicyclic) bond motifs is 4. The minimum atomic E-state index is -1.13. The number of anilines is 2. The minimum Gasteiger partial charge on any atom is -0.438 e. The predicted molar refractivity (Wildman–Crippen MR) is 287 cm³/mol. The van der Waals surface area contributed by atoms with Crippen LogP contribution in [0.15, 0.2) is 242 Å². The molecule has 0 atom stereocenters. The number of benzene rings is 9. The van der Waals surface area contributed by atoms with Crippen molar-refractivity contribution in [3.05, 3.63) is 248 Å². The molecule has 0 spiro atoms. The first kappa shape index (κ1) is 43.5. The van der Waals surface area contributed by atoms with Crippen molar-refractivity contribution in [1.82, 2.24) is 19.9 Å². The fourth-order valence-corrected chi connectivity index (χ4v) is 8.87. The lowest BCUT2D eigenvalue weighted by Crippen LogP contribution is -2.46. The van der Waals surface area contributed by atoms with Crippen molar-refractivity contribution >= 4 is 61.1 Å². The number of hydrogen-bond acceptors (Lipinski definition) is 10. The fraction of sp³-hybridized carbons (Fsp3) is 0.0323. The minimum absolute atomic E-state index is 0.215. The van der Waals surface area contributed by atoms with Crippen LogP contribution in [-0.4, -0.2) is 25.6 Å². The van der Waals surface area contributed by atoms with E-state index >= 15 is 0 Å². The highest BCUT2D eigenvalue weighted by atomic mass is 16.5. The summed E-state index contributed by atoms with van der Waals surface area (Å²) in [6, 6.07) is 69.6. The van der Waals surface area contributed by atoms with E-state index in [0.717, 1.165) is 54.2 Å². The van der Waals surface area contributed by atoms with Gasteiger partial charge < -0.3 is 29.6 Å². The molecule has 12 rings (SSSR count). The van der Waals surface area contributed by atoms with Crippen molar-refractivity contribution in [1.29, 1.82) is 0 Å². The molecule has 0 amide bonds. The van der Waals surface area contributed by atoms with Crippen molar-refractivity contribution in [2.45, 2.75) is 12.1 Å². The molecule has 0 aliphatic heterocycles. The first-order valence-electron chi connectivity index (χ1n) is 23.6. The Morgan fingerprint density at radius 2 is 0.722 bits per heavy atom. The third-order valence-electron chi connectivity index (χ3n) is 12.4. The van der Waals surface area contributed by atoms with Crippen molar-refractivity contribution < 1.29 is 18.9 Å². The number of ether oxygens (including phenoxy) is 4. The Morgan fingerprint density at radius 3 is 1.08 bits per heavy atom. The largest absolute Gasteiger partial charge is 0.438 e. The van der Waals surface area contributed by atoms with Crippen LogP contribution in [0.4, 0.5) is 11.9 Å². The summed E-state index contributed by atoms with van der Waals surface area (Å²) in [5.74, 6) is 4.03. The van der Waals surface area contributed by atoms with Crippen LogP contribution in [-0.2, 0) is 0 Å². The Morgan fingerprint density at radius 1 is 0.375 bits per heavy atom. The lowest BCUT2D eigenvalue weighted by molar-refractivity contribution is 0.437. The maximum absolute atomic E-state index is 6.65. The first-order chi connectivity index (χ1) is 35.5. The molecule has 0 saturated carbocycles. The summed E-state index contributed by atoms with van der Waals surface area (Å²) in [6.07, 6.45) is 10.8. The van der Waals surface area contributed by atoms with Gasteiger partial charge in [-0.15, -0.1) is 0 Å². The van der Waals surface area contributed by atoms with E-state index in [1.807, 2.05) is 152 Å². The molecule has 1 aliphatic carbocycles. The van der Waals surface area contributed by atoms with Crippen LogP contribution in [0.1, 0.15) is 12.0 Å². The second-order valence-corrected chi connectivity index (χ2v) is 17.3. The van der Waals surface area contributed by atoms with Gasteiger partial charge in [0.05, 0.1) is 12.1 Å². The summed E-state index contributed by atoms with van der Waals surface area (Å²) in [5.41, 5.74) is 0.958. The van der Waals surface area contributed by atoms with Crippen LogP contribution in [0.2, 0.25) is 0 Å². The van der Waals surface area contributed by atoms with E-state index in [2.05, 4.69) is 89.5 Å². The zero-order valence-corrected chi connectivity index (χ0v) is 38.7. The summed E-state index contributed by atoms with van der Waals surface area (Å²) < 4.78 is 26.6. The molecule has 1 aliphatic rings. The van der Waals surface area contributed by atoms with Gasteiger partial charge in [-0.1, -0.05) is 200 Å². The SMILES string of the molecule is C(=Cc1ccccc1)C1=CCC(Nc2nc(Oc3cccc4ccccc34)cc(Oc3cccc4ccccc34)n2)(Nc2nc(Oc3cccc4ccccc34)cc(Oc3cccc4ccccc34)n2)C=C1. The van der Waals surface area contributed by atoms with Gasteiger partial charge in [-0.25, -0.2) is 0 Å². The van der Waals surface area contributed by atoms with Crippen LogP contribution in [0, 0.1) is 0 Å². The smallest absolute Gasteiger partial charge is 0.231 e. The zero-order valence-electron chi connectivity index (χ0n) is 38.7. The summed E-state index contributed by atoms with van der Waals surface area (Å²) >= 11 is 0. The maximum atomic E-state index is 6.65. The Kier molecular flexibility index (Phi) is 11.7. The van der Waals surface area contributed by atoms with Gasteiger partial charge in [0.2, 0.25) is 35.4 Å². The molecular weight excluding hydrogens is 893 g/mol. The molecule has 0 fully saturated rings. The molecule has 0 bridgehead atoms. The number of nitrogens with one attached hydrogen (secondary N) is 2. The lowest BCUT2D eigenvalue weighted by Gasteiger charge is -2.34. The molecule has 0 saturated heterocycles. The van der Waals surface area contributed by atoms with Gasteiger partial charge in [0.1, 0.15) is 28.7 Å². The molecule has 2 N–H and O–H groups in total. The summed E-state index contributed by atoms with van der Waals surface area (Å²) in [4.78, 5) is 20.0. The molecule has 10 nitrogen and oxygen atoms in total. The van der Waals surface area contributed by atoms with Crippen LogP contribution in [0.25, 0.3) is 49.2 Å². The van der Waals surface area contributed by atoms with Crippen molar-refractivity contribution in [3.8, 4) is 46.5 Å². The van der Waals surface area contributed by atoms with Crippen LogP contribution in [0.5, 0.6) is 46.5 Å². The van der Waals surface area contributed by atoms with Gasteiger partial charge in [0.15, 0.2) is 0 Å². The molecular formula is C62H44N6O4. The lowest BCUT2D eigenvalue weighted by atomic mass is 9.96. The molecule has 2 aromatic heterocycles. The van der Waals surface area contributed by atoms with Crippen molar-refractivity contribution in [2.75, 3.05) is 10.6 Å². The molecule has 9 aromatic carbocycles. The maximum Gasteiger partial charge on any atom is 0.231 e. The fourth-order valence-electron chi connectivity index (χ4n) is 8.87. The van der Waals surface area contributed by atoms with Gasteiger partial charge in [-0.3, -0.25) is 0 Å². The number of aromatic nitrogens is 4. The van der Waals surface area contributed by atoms with Gasteiger partial charge in [-0.2, -0.15) is 19.9 Å². The molecule has 11 aromatic rings. The van der Waals surface area contributed by atoms with E-state index in [0.29, 0.717) is 29.4 Å². The quantitative estimate of drug-likeness (QED) is 0.102. The molecule has 2 heterocycles. The average Bonchev–Trinajstić information content (AvgIpc) is 3.41. The van der Waals surface area contributed by atoms with Gasteiger partial charge in [0.25, 0.3) is 0 Å². The number of rotatable bonds is 14. The van der Waals surface area contributed by atoms with E-state index in [-0.39, 0.29) is 35.4 Å². The molecule has 72 heavy (non-hydrogen) atoms. The summed E-state index contributed by atoms with van der Waals surface area (Å²) in [7, 11) is 0. The normalized spacial score (nSPS) is 13.0. The highest BCUT2D eigenvalue weighted by molar-refractivity contribution is 5.91. The molecule has 0 radical (unpaired) electrons. The standard InChI is InChI=1S/C62H44N6O4/c1-2-16-42(17-3-1)34-35-43-36-38-62(39-37-43,67-60-63-56(69-52-30-12-22-44-18-4-8-26-48(44)52)40-57(64-60)70-53-31-13-23-45-19-5-9-27-49(45)53)68-61-65-58(71-54-32-14-24-46-20-6-10-28-50(46)54)41-59(66-61)72-55-33-15-25-47-21-7-11-29-51(47)55/h1-38,40-41H,39H2,(H,63,64,67)(H,65,66,68). The Balaban J connectivity index is 0.959. The van der Waals surface area contributed by atoms with Crippen LogP contribution in [0.3, 0.4) is 0 Å². The second kappa shape index (κ2) is 19.3. The molecule has 346 valence electrons. The van der Waals surface area contributed by atoms with Crippen molar-refractivity contribution in [2.24, 2.45) is 0 Å². The van der Waals surface area contributed by atoms with Crippen LogP contribution < -0.4 is 29.6 Å². The van der Waals surface area contributed by atoms with Gasteiger partial charge in [-0.05, 0) is 63.0 Å². The number of nitrogens with zero attached hydrogens (tertiary/aromatic N) is 4. The summed E-state index contributed by atoms with van der Waals surface area (Å²) in [5, 5.41) is 15.1. The van der Waals surface area contributed by atoms with E-state index < -0.39 is 5.66 Å². The van der Waals surface area contributed by atoms with Crippen molar-refractivity contribution in [3.63, 3.8) is 0 Å². The average molecular weight is 937 g/mol. The Labute approximate surface area is 415 Å². The Bertz CT molecular complexity index is 3460. The monoisotopic (exact) mass is 936 g/mol. The molecule has 10 heteroatoms. The van der Waals surface area contributed by atoms with E-state index in [1.54, 1.807) is 12.1 Å². The number of hydrogen-bond donors (Lipinski definition) is 2. The summed E-state index contributed by atoms with van der Waals surface area (Å²) in [6.45, 7) is 0. The van der Waals surface area contributed by atoms with E-state index in [1.165, 1.54) is 0 Å². The second-order valence-electron chi connectivity index (χ2n) is 17.3. The van der Waals surface area contributed by atoms with Crippen LogP contribution >= 0.6 is 0 Å². The highest BCUT2D eigenvalue weighted by Crippen LogP contribution is 2.38. The third kappa shape index (κ3) is 9.48.